The van der Waals surface area contributed by atoms with Gasteiger partial charge in [-0.25, -0.2) is 4.98 Å². The largest absolute Gasteiger partial charge is 0.293 e. The van der Waals surface area contributed by atoms with E-state index in [0.29, 0.717) is 11.5 Å². The van der Waals surface area contributed by atoms with E-state index in [-0.39, 0.29) is 5.78 Å². The predicted octanol–water partition coefficient (Wildman–Crippen LogP) is 2.89. The highest BCUT2D eigenvalue weighted by atomic mass is 16.1. The van der Waals surface area contributed by atoms with Crippen molar-refractivity contribution in [1.82, 2.24) is 15.2 Å². The lowest BCUT2D eigenvalue weighted by atomic mass is 10.0. The van der Waals surface area contributed by atoms with Crippen molar-refractivity contribution >= 4 is 16.6 Å². The Morgan fingerprint density at radius 1 is 1.05 bits per heavy atom. The third-order valence-electron chi connectivity index (χ3n) is 2.95. The van der Waals surface area contributed by atoms with E-state index in [1.165, 1.54) is 13.1 Å². The van der Waals surface area contributed by atoms with E-state index >= 15 is 0 Å². The molecule has 0 atom stereocenters. The predicted molar refractivity (Wildman–Crippen MR) is 72.8 cm³/mol. The Bertz CT molecular complexity index is 763. The van der Waals surface area contributed by atoms with Crippen molar-refractivity contribution in [2.45, 2.75) is 6.92 Å². The molecule has 0 unspecified atom stereocenters. The number of benzene rings is 2. The van der Waals surface area contributed by atoms with Gasteiger partial charge in [-0.05, 0) is 10.8 Å². The third kappa shape index (κ3) is 2.08. The quantitative estimate of drug-likeness (QED) is 0.655. The van der Waals surface area contributed by atoms with Crippen LogP contribution in [0.5, 0.6) is 0 Å². The second-order valence-electron chi connectivity index (χ2n) is 4.25. The molecule has 4 heteroatoms. The average molecular weight is 249 g/mol. The van der Waals surface area contributed by atoms with E-state index in [0.717, 1.165) is 16.3 Å². The van der Waals surface area contributed by atoms with Gasteiger partial charge in [-0.15, -0.1) is 5.10 Å². The van der Waals surface area contributed by atoms with Crippen LogP contribution in [0.4, 0.5) is 0 Å². The first kappa shape index (κ1) is 11.5. The van der Waals surface area contributed by atoms with E-state index in [2.05, 4.69) is 15.2 Å². The number of rotatable bonds is 2. The minimum absolute atomic E-state index is 0.114. The Labute approximate surface area is 110 Å². The van der Waals surface area contributed by atoms with Crippen LogP contribution >= 0.6 is 0 Å². The van der Waals surface area contributed by atoms with E-state index in [4.69, 9.17) is 0 Å². The molecule has 1 aromatic heterocycles. The van der Waals surface area contributed by atoms with Gasteiger partial charge in [0, 0.05) is 12.5 Å². The van der Waals surface area contributed by atoms with Gasteiger partial charge in [-0.2, -0.15) is 5.10 Å². The minimum atomic E-state index is -0.114. The highest BCUT2D eigenvalue weighted by molar-refractivity contribution is 5.96. The summed E-state index contributed by atoms with van der Waals surface area (Å²) in [6.07, 6.45) is 1.39. The maximum absolute atomic E-state index is 11.4. The molecule has 0 aliphatic carbocycles. The fraction of sp³-hybridized carbons (Fsp3) is 0.0667. The molecule has 0 aliphatic heterocycles. The summed E-state index contributed by atoms with van der Waals surface area (Å²) in [5.41, 5.74) is 1.21. The summed E-state index contributed by atoms with van der Waals surface area (Å²) in [4.78, 5) is 15.6. The van der Waals surface area contributed by atoms with Crippen LogP contribution < -0.4 is 0 Å². The summed E-state index contributed by atoms with van der Waals surface area (Å²) in [7, 11) is 0. The SMILES string of the molecule is CC(=O)c1cnnc(-c2cccc3ccccc23)n1. The highest BCUT2D eigenvalue weighted by Crippen LogP contribution is 2.25. The molecular weight excluding hydrogens is 238 g/mol. The monoisotopic (exact) mass is 249 g/mol. The van der Waals surface area contributed by atoms with Crippen molar-refractivity contribution in [3.8, 4) is 11.4 Å². The van der Waals surface area contributed by atoms with Gasteiger partial charge in [0.2, 0.25) is 0 Å². The van der Waals surface area contributed by atoms with Gasteiger partial charge in [0.1, 0.15) is 5.69 Å². The summed E-state index contributed by atoms with van der Waals surface area (Å²) >= 11 is 0. The first-order chi connectivity index (χ1) is 9.25. The van der Waals surface area contributed by atoms with Crippen LogP contribution in [0.3, 0.4) is 0 Å². The number of hydrogen-bond acceptors (Lipinski definition) is 4. The lowest BCUT2D eigenvalue weighted by Crippen LogP contribution is -2.02. The van der Waals surface area contributed by atoms with Gasteiger partial charge in [-0.3, -0.25) is 4.79 Å². The number of aromatic nitrogens is 3. The van der Waals surface area contributed by atoms with E-state index < -0.39 is 0 Å². The Morgan fingerprint density at radius 3 is 2.68 bits per heavy atom. The number of hydrogen-bond donors (Lipinski definition) is 0. The molecule has 3 aromatic rings. The second-order valence-corrected chi connectivity index (χ2v) is 4.25. The number of carbonyl (C=O) groups is 1. The zero-order valence-corrected chi connectivity index (χ0v) is 10.4. The normalized spacial score (nSPS) is 10.6. The number of ketones is 1. The smallest absolute Gasteiger partial charge is 0.183 e. The molecule has 0 radical (unpaired) electrons. The molecule has 0 fully saturated rings. The van der Waals surface area contributed by atoms with Crippen LogP contribution in [0.25, 0.3) is 22.2 Å². The summed E-state index contributed by atoms with van der Waals surface area (Å²) in [6.45, 7) is 1.47. The molecule has 0 N–H and O–H groups in total. The molecular formula is C15H11N3O. The second kappa shape index (κ2) is 4.57. The van der Waals surface area contributed by atoms with Gasteiger partial charge >= 0.3 is 0 Å². The zero-order valence-electron chi connectivity index (χ0n) is 10.4. The molecule has 19 heavy (non-hydrogen) atoms. The first-order valence-electron chi connectivity index (χ1n) is 5.94. The van der Waals surface area contributed by atoms with Crippen LogP contribution in [0, 0.1) is 0 Å². The lowest BCUT2D eigenvalue weighted by Gasteiger charge is -2.05. The summed E-state index contributed by atoms with van der Waals surface area (Å²) in [6, 6.07) is 13.9. The van der Waals surface area contributed by atoms with Crippen LogP contribution in [0.1, 0.15) is 17.4 Å². The van der Waals surface area contributed by atoms with Crippen molar-refractivity contribution in [1.29, 1.82) is 0 Å². The lowest BCUT2D eigenvalue weighted by molar-refractivity contribution is 0.101. The first-order valence-corrected chi connectivity index (χ1v) is 5.94. The van der Waals surface area contributed by atoms with Crippen molar-refractivity contribution in [3.05, 3.63) is 54.4 Å². The summed E-state index contributed by atoms with van der Waals surface area (Å²) in [5, 5.41) is 10.0. The Morgan fingerprint density at radius 2 is 1.84 bits per heavy atom. The molecule has 0 spiro atoms. The number of nitrogens with zero attached hydrogens (tertiary/aromatic N) is 3. The molecule has 0 aliphatic rings. The number of fused-ring (bicyclic) bond motifs is 1. The number of Topliss-reactive ketones (excluding diaryl/α,β-unsaturated/α-hetero) is 1. The Kier molecular flexibility index (Phi) is 2.76. The fourth-order valence-corrected chi connectivity index (χ4v) is 2.01. The summed E-state index contributed by atoms with van der Waals surface area (Å²) < 4.78 is 0. The molecule has 0 saturated carbocycles. The maximum Gasteiger partial charge on any atom is 0.183 e. The highest BCUT2D eigenvalue weighted by Gasteiger charge is 2.09. The maximum atomic E-state index is 11.4. The molecule has 2 aromatic carbocycles. The van der Waals surface area contributed by atoms with Gasteiger partial charge in [0.15, 0.2) is 11.6 Å². The van der Waals surface area contributed by atoms with Crippen molar-refractivity contribution in [3.63, 3.8) is 0 Å². The van der Waals surface area contributed by atoms with Gasteiger partial charge in [0.25, 0.3) is 0 Å². The Hall–Kier alpha value is -2.62. The molecule has 92 valence electrons. The van der Waals surface area contributed by atoms with E-state index in [1.54, 1.807) is 0 Å². The molecule has 0 bridgehead atoms. The van der Waals surface area contributed by atoms with Crippen molar-refractivity contribution in [2.24, 2.45) is 0 Å². The molecule has 1 heterocycles. The summed E-state index contributed by atoms with van der Waals surface area (Å²) in [5.74, 6) is 0.362. The minimum Gasteiger partial charge on any atom is -0.293 e. The van der Waals surface area contributed by atoms with Crippen LogP contribution in [-0.4, -0.2) is 21.0 Å². The third-order valence-corrected chi connectivity index (χ3v) is 2.95. The average Bonchev–Trinajstić information content (AvgIpc) is 2.47. The molecule has 0 amide bonds. The van der Waals surface area contributed by atoms with Gasteiger partial charge in [-0.1, -0.05) is 42.5 Å². The van der Waals surface area contributed by atoms with Crippen molar-refractivity contribution < 1.29 is 4.79 Å². The molecule has 3 rings (SSSR count). The number of carbonyl (C=O) groups excluding carboxylic acids is 1. The van der Waals surface area contributed by atoms with Crippen molar-refractivity contribution in [2.75, 3.05) is 0 Å². The van der Waals surface area contributed by atoms with Crippen LogP contribution in [0.2, 0.25) is 0 Å². The topological polar surface area (TPSA) is 55.7 Å². The van der Waals surface area contributed by atoms with E-state index in [9.17, 15) is 4.79 Å². The zero-order chi connectivity index (χ0) is 13.2. The fourth-order valence-electron chi connectivity index (χ4n) is 2.01. The molecule has 4 nitrogen and oxygen atoms in total. The van der Waals surface area contributed by atoms with Gasteiger partial charge in [0.05, 0.1) is 6.20 Å². The van der Waals surface area contributed by atoms with Crippen LogP contribution in [-0.2, 0) is 0 Å². The Balaban J connectivity index is 2.24. The van der Waals surface area contributed by atoms with Gasteiger partial charge < -0.3 is 0 Å². The van der Waals surface area contributed by atoms with E-state index in [1.807, 2.05) is 42.5 Å². The van der Waals surface area contributed by atoms with Crippen LogP contribution in [0.15, 0.2) is 48.7 Å². The standard InChI is InChI=1S/C15H11N3O/c1-10(19)14-9-16-18-15(17-14)13-8-4-6-11-5-2-3-7-12(11)13/h2-9H,1H3. The molecule has 0 saturated heterocycles.